The van der Waals surface area contributed by atoms with E-state index in [2.05, 4.69) is 6.92 Å². The van der Waals surface area contributed by atoms with Crippen LogP contribution in [0.4, 0.5) is 26.3 Å². The van der Waals surface area contributed by atoms with Crippen molar-refractivity contribution in [1.29, 1.82) is 0 Å². The predicted molar refractivity (Wildman–Crippen MR) is 104 cm³/mol. The maximum Gasteiger partial charge on any atom is 0.422 e. The molecule has 0 radical (unpaired) electrons. The van der Waals surface area contributed by atoms with Crippen molar-refractivity contribution in [3.05, 3.63) is 82.2 Å². The van der Waals surface area contributed by atoms with Gasteiger partial charge in [-0.3, -0.25) is 0 Å². The highest BCUT2D eigenvalue weighted by Gasteiger charge is 2.38. The van der Waals surface area contributed by atoms with Crippen LogP contribution in [0.15, 0.2) is 42.5 Å². The minimum atomic E-state index is -5.17. The minimum absolute atomic E-state index is 0.126. The molecule has 0 heterocycles. The zero-order valence-electron chi connectivity index (χ0n) is 16.1. The fourth-order valence-electron chi connectivity index (χ4n) is 4.05. The van der Waals surface area contributed by atoms with Crippen LogP contribution in [0.25, 0.3) is 22.3 Å². The smallest absolute Gasteiger partial charge is 0.206 e. The zero-order chi connectivity index (χ0) is 21.6. The van der Waals surface area contributed by atoms with E-state index in [-0.39, 0.29) is 11.1 Å². The van der Waals surface area contributed by atoms with Crippen LogP contribution in [-0.2, 0) is 19.0 Å². The van der Waals surface area contributed by atoms with Crippen molar-refractivity contribution in [2.24, 2.45) is 0 Å². The molecule has 0 unspecified atom stereocenters. The third-order valence-corrected chi connectivity index (χ3v) is 5.53. The third-order valence-electron chi connectivity index (χ3n) is 5.53. The van der Waals surface area contributed by atoms with E-state index in [9.17, 15) is 22.0 Å². The molecule has 0 N–H and O–H groups in total. The summed E-state index contributed by atoms with van der Waals surface area (Å²) in [6.07, 6.45) is -1.79. The van der Waals surface area contributed by atoms with Crippen LogP contribution < -0.4 is 0 Å². The average molecular weight is 420 g/mol. The van der Waals surface area contributed by atoms with Gasteiger partial charge in [0.15, 0.2) is 0 Å². The van der Waals surface area contributed by atoms with E-state index in [1.165, 1.54) is 6.07 Å². The van der Waals surface area contributed by atoms with E-state index in [0.29, 0.717) is 29.7 Å². The SMILES string of the molecule is CCCCc1ccc2c(c1)Cc1c-2ccc(-c2cc(F)c(C(F)(F)F)c(F)c2)c1F. The second-order valence-corrected chi connectivity index (χ2v) is 7.54. The molecule has 3 aromatic rings. The van der Waals surface area contributed by atoms with E-state index < -0.39 is 29.2 Å². The highest BCUT2D eigenvalue weighted by molar-refractivity contribution is 5.81. The lowest BCUT2D eigenvalue weighted by molar-refractivity contribution is -0.142. The van der Waals surface area contributed by atoms with Crippen molar-refractivity contribution in [3.63, 3.8) is 0 Å². The van der Waals surface area contributed by atoms with Gasteiger partial charge in [-0.2, -0.15) is 13.2 Å². The normalized spacial score (nSPS) is 12.8. The molecule has 0 fully saturated rings. The lowest BCUT2D eigenvalue weighted by Crippen LogP contribution is -2.11. The van der Waals surface area contributed by atoms with Gasteiger partial charge in [-0.15, -0.1) is 0 Å². The van der Waals surface area contributed by atoms with Gasteiger partial charge in [0.2, 0.25) is 0 Å². The maximum atomic E-state index is 15.3. The zero-order valence-corrected chi connectivity index (χ0v) is 16.1. The van der Waals surface area contributed by atoms with Crippen LogP contribution in [0.1, 0.15) is 42.0 Å². The molecule has 30 heavy (non-hydrogen) atoms. The van der Waals surface area contributed by atoms with Crippen molar-refractivity contribution < 1.29 is 26.3 Å². The van der Waals surface area contributed by atoms with Crippen molar-refractivity contribution in [2.75, 3.05) is 0 Å². The number of hydrogen-bond donors (Lipinski definition) is 0. The Morgan fingerprint density at radius 3 is 2.10 bits per heavy atom. The van der Waals surface area contributed by atoms with Gasteiger partial charge in [-0.25, -0.2) is 13.2 Å². The van der Waals surface area contributed by atoms with Crippen molar-refractivity contribution in [1.82, 2.24) is 0 Å². The number of aryl methyl sites for hydroxylation is 1. The molecule has 0 amide bonds. The van der Waals surface area contributed by atoms with Crippen LogP contribution in [0.3, 0.4) is 0 Å². The number of unbranched alkanes of at least 4 members (excludes halogenated alkanes) is 1. The molecule has 1 aliphatic rings. The van der Waals surface area contributed by atoms with Gasteiger partial charge in [-0.05, 0) is 52.8 Å². The van der Waals surface area contributed by atoms with E-state index in [1.54, 1.807) is 6.07 Å². The Balaban J connectivity index is 1.74. The summed E-state index contributed by atoms with van der Waals surface area (Å²) >= 11 is 0. The first kappa shape index (κ1) is 20.5. The van der Waals surface area contributed by atoms with Gasteiger partial charge in [-0.1, -0.05) is 43.7 Å². The molecular formula is C24H18F6. The number of alkyl halides is 3. The molecule has 0 spiro atoms. The molecule has 0 saturated carbocycles. The summed E-state index contributed by atoms with van der Waals surface area (Å²) in [5.41, 5.74) is 1.75. The second kappa shape index (κ2) is 7.49. The average Bonchev–Trinajstić information content (AvgIpc) is 3.03. The first-order valence-corrected chi connectivity index (χ1v) is 9.71. The predicted octanol–water partition coefficient (Wildman–Crippen LogP) is 7.70. The lowest BCUT2D eigenvalue weighted by Gasteiger charge is -2.13. The molecule has 0 aromatic heterocycles. The van der Waals surface area contributed by atoms with E-state index in [4.69, 9.17) is 0 Å². The Kier molecular flexibility index (Phi) is 5.12. The minimum Gasteiger partial charge on any atom is -0.206 e. The molecule has 0 aliphatic heterocycles. The molecule has 1 aliphatic carbocycles. The van der Waals surface area contributed by atoms with Gasteiger partial charge >= 0.3 is 6.18 Å². The van der Waals surface area contributed by atoms with Crippen LogP contribution in [-0.4, -0.2) is 0 Å². The number of hydrogen-bond acceptors (Lipinski definition) is 0. The summed E-state index contributed by atoms with van der Waals surface area (Å²) in [5, 5.41) is 0. The van der Waals surface area contributed by atoms with E-state index in [0.717, 1.165) is 36.0 Å². The Labute approximate surface area is 170 Å². The molecule has 6 heteroatoms. The Bertz CT molecular complexity index is 1100. The number of rotatable bonds is 4. The van der Waals surface area contributed by atoms with Crippen LogP contribution in [0, 0.1) is 17.5 Å². The van der Waals surface area contributed by atoms with Gasteiger partial charge in [0, 0.05) is 17.5 Å². The first-order valence-electron chi connectivity index (χ1n) is 9.71. The number of benzene rings is 3. The third kappa shape index (κ3) is 3.48. The molecule has 156 valence electrons. The summed E-state index contributed by atoms with van der Waals surface area (Å²) in [5.74, 6) is -4.19. The summed E-state index contributed by atoms with van der Waals surface area (Å²) in [7, 11) is 0. The quantitative estimate of drug-likeness (QED) is 0.297. The molecule has 4 rings (SSSR count). The standard InChI is InChI=1S/C24H18F6/c1-2-3-4-13-5-6-16-14(9-13)10-19-18(16)8-7-17(23(19)27)15-11-20(25)22(21(26)12-15)24(28,29)30/h5-9,11-12H,2-4,10H2,1H3. The van der Waals surface area contributed by atoms with Gasteiger partial charge in [0.1, 0.15) is 23.0 Å². The highest BCUT2D eigenvalue weighted by Crippen LogP contribution is 2.42. The lowest BCUT2D eigenvalue weighted by atomic mass is 9.96. The summed E-state index contributed by atoms with van der Waals surface area (Å²) in [6, 6.07) is 10.1. The Hall–Kier alpha value is -2.76. The largest absolute Gasteiger partial charge is 0.422 e. The van der Waals surface area contributed by atoms with Crippen LogP contribution in [0.5, 0.6) is 0 Å². The monoisotopic (exact) mass is 420 g/mol. The topological polar surface area (TPSA) is 0 Å². The van der Waals surface area contributed by atoms with Gasteiger partial charge in [0.05, 0.1) is 0 Å². The number of fused-ring (bicyclic) bond motifs is 3. The van der Waals surface area contributed by atoms with E-state index in [1.807, 2.05) is 18.2 Å². The van der Waals surface area contributed by atoms with Crippen molar-refractivity contribution >= 4 is 0 Å². The molecular weight excluding hydrogens is 402 g/mol. The summed E-state index contributed by atoms with van der Waals surface area (Å²) < 4.78 is 81.6. The fraction of sp³-hybridized carbons (Fsp3) is 0.250. The second-order valence-electron chi connectivity index (χ2n) is 7.54. The van der Waals surface area contributed by atoms with E-state index >= 15 is 4.39 Å². The molecule has 0 nitrogen and oxygen atoms in total. The number of halogens is 6. The fourth-order valence-corrected chi connectivity index (χ4v) is 4.05. The Morgan fingerprint density at radius 1 is 0.833 bits per heavy atom. The summed E-state index contributed by atoms with van der Waals surface area (Å²) in [6.45, 7) is 2.10. The first-order chi connectivity index (χ1) is 14.2. The van der Waals surface area contributed by atoms with Crippen molar-refractivity contribution in [2.45, 2.75) is 38.8 Å². The molecule has 0 bridgehead atoms. The van der Waals surface area contributed by atoms with Crippen LogP contribution in [0.2, 0.25) is 0 Å². The van der Waals surface area contributed by atoms with Gasteiger partial charge < -0.3 is 0 Å². The highest BCUT2D eigenvalue weighted by atomic mass is 19.4. The summed E-state index contributed by atoms with van der Waals surface area (Å²) in [4.78, 5) is 0. The Morgan fingerprint density at radius 2 is 1.47 bits per heavy atom. The molecule has 3 aromatic carbocycles. The maximum absolute atomic E-state index is 15.3. The van der Waals surface area contributed by atoms with Crippen molar-refractivity contribution in [3.8, 4) is 22.3 Å². The van der Waals surface area contributed by atoms with Gasteiger partial charge in [0.25, 0.3) is 0 Å². The molecule has 0 saturated heterocycles. The molecule has 0 atom stereocenters. The van der Waals surface area contributed by atoms with Crippen LogP contribution >= 0.6 is 0 Å².